The van der Waals surface area contributed by atoms with E-state index in [9.17, 15) is 0 Å². The zero-order chi connectivity index (χ0) is 17.1. The summed E-state index contributed by atoms with van der Waals surface area (Å²) in [6.07, 6.45) is 4.72. The highest BCUT2D eigenvalue weighted by Crippen LogP contribution is 2.39. The highest BCUT2D eigenvalue weighted by atomic mass is 127. The molecule has 1 saturated carbocycles. The minimum absolute atomic E-state index is 0.607. The first kappa shape index (κ1) is 19.9. The van der Waals surface area contributed by atoms with Crippen molar-refractivity contribution >= 4 is 46.0 Å². The smallest absolute Gasteiger partial charge is 0.0466 e. The molecule has 3 nitrogen and oxygen atoms in total. The minimum atomic E-state index is 0.607. The molecule has 0 bridgehead atoms. The molecule has 0 radical (unpaired) electrons. The number of nitrogens with one attached hydrogen (secondary N) is 2. The lowest BCUT2D eigenvalue weighted by molar-refractivity contribution is 1.13. The average molecular weight is 441 g/mol. The standard InChI is InChI=1S/C9H10.C7H9IN3P.C2H6/c1-2-4-8(5-3-1)9-6-7-9;8-12-11-7-2-1-6(10)3-5(7)4-9;1-2/h1-5,9H,6-7H2;1-4,9,11-12H,10H2;1-2H3. The lowest BCUT2D eigenvalue weighted by Crippen LogP contribution is -1.92. The van der Waals surface area contributed by atoms with Gasteiger partial charge in [-0.3, -0.25) is 0 Å². The van der Waals surface area contributed by atoms with Gasteiger partial charge in [-0.1, -0.05) is 44.2 Å². The van der Waals surface area contributed by atoms with Gasteiger partial charge >= 0.3 is 0 Å². The highest BCUT2D eigenvalue weighted by molar-refractivity contribution is 14.2. The van der Waals surface area contributed by atoms with Crippen LogP contribution < -0.4 is 10.8 Å². The van der Waals surface area contributed by atoms with Crippen LogP contribution >= 0.6 is 28.4 Å². The number of rotatable bonds is 4. The molecule has 1 fully saturated rings. The maximum Gasteiger partial charge on any atom is 0.0466 e. The van der Waals surface area contributed by atoms with Crippen LogP contribution in [0.1, 0.15) is 43.7 Å². The summed E-state index contributed by atoms with van der Waals surface area (Å²) >= 11 is 2.24. The molecule has 5 heteroatoms. The Kier molecular flexibility index (Phi) is 9.88. The number of benzene rings is 2. The van der Waals surface area contributed by atoms with Crippen molar-refractivity contribution in [3.8, 4) is 0 Å². The van der Waals surface area contributed by atoms with E-state index in [1.54, 1.807) is 6.07 Å². The summed E-state index contributed by atoms with van der Waals surface area (Å²) < 4.78 is 0. The Morgan fingerprint density at radius 1 is 1.17 bits per heavy atom. The number of anilines is 2. The van der Waals surface area contributed by atoms with Crippen molar-refractivity contribution < 1.29 is 0 Å². The highest BCUT2D eigenvalue weighted by Gasteiger charge is 2.22. The van der Waals surface area contributed by atoms with Crippen LogP contribution in [0, 0.1) is 5.41 Å². The lowest BCUT2D eigenvalue weighted by Gasteiger charge is -2.06. The van der Waals surface area contributed by atoms with E-state index in [2.05, 4.69) is 57.5 Å². The third-order valence-electron chi connectivity index (χ3n) is 3.26. The molecule has 124 valence electrons. The fraction of sp³-hybridized carbons (Fsp3) is 0.278. The Morgan fingerprint density at radius 2 is 1.83 bits per heavy atom. The van der Waals surface area contributed by atoms with Crippen LogP contribution in [-0.4, -0.2) is 6.21 Å². The van der Waals surface area contributed by atoms with Gasteiger partial charge in [0.1, 0.15) is 0 Å². The number of nitrogens with two attached hydrogens (primary N) is 1. The molecule has 3 rings (SSSR count). The lowest BCUT2D eigenvalue weighted by atomic mass is 10.1. The molecule has 1 aliphatic rings. The molecule has 2 aromatic carbocycles. The van der Waals surface area contributed by atoms with E-state index >= 15 is 0 Å². The molecular weight excluding hydrogens is 416 g/mol. The summed E-state index contributed by atoms with van der Waals surface area (Å²) in [4.78, 5) is 0. The number of nitrogen functional groups attached to an aromatic ring is 1. The number of halogens is 1. The molecule has 0 amide bonds. The van der Waals surface area contributed by atoms with Crippen LogP contribution in [0.3, 0.4) is 0 Å². The van der Waals surface area contributed by atoms with Crippen LogP contribution in [0.15, 0.2) is 48.5 Å². The molecule has 4 N–H and O–H groups in total. The summed E-state index contributed by atoms with van der Waals surface area (Å²) in [5.74, 6) is 0.909. The molecular formula is C18H25IN3P. The monoisotopic (exact) mass is 441 g/mol. The average Bonchev–Trinajstić information content (AvgIpc) is 3.45. The summed E-state index contributed by atoms with van der Waals surface area (Å²) in [7, 11) is 0. The van der Waals surface area contributed by atoms with Crippen molar-refractivity contribution in [2.45, 2.75) is 32.6 Å². The second-order valence-electron chi connectivity index (χ2n) is 4.90. The van der Waals surface area contributed by atoms with Crippen molar-refractivity contribution in [2.75, 3.05) is 10.8 Å². The van der Waals surface area contributed by atoms with Gasteiger partial charge in [-0.15, -0.1) is 0 Å². The first-order chi connectivity index (χ1) is 11.2. The van der Waals surface area contributed by atoms with Gasteiger partial charge < -0.3 is 16.2 Å². The summed E-state index contributed by atoms with van der Waals surface area (Å²) in [5, 5.41) is 10.3. The summed E-state index contributed by atoms with van der Waals surface area (Å²) in [5.41, 5.74) is 9.58. The van der Waals surface area contributed by atoms with Gasteiger partial charge in [0.25, 0.3) is 0 Å². The quantitative estimate of drug-likeness (QED) is 0.229. The third kappa shape index (κ3) is 7.32. The van der Waals surface area contributed by atoms with E-state index in [0.29, 0.717) is 12.1 Å². The van der Waals surface area contributed by atoms with Crippen LogP contribution in [-0.2, 0) is 0 Å². The van der Waals surface area contributed by atoms with Gasteiger partial charge in [0.15, 0.2) is 0 Å². The predicted octanol–water partition coefficient (Wildman–Crippen LogP) is 6.21. The SMILES string of the molecule is CC.N=Cc1cc(N)ccc1NPI.c1ccc(C2CC2)cc1. The minimum Gasteiger partial charge on any atom is -0.399 e. The number of hydrogen-bond donors (Lipinski definition) is 3. The van der Waals surface area contributed by atoms with E-state index in [0.717, 1.165) is 17.2 Å². The number of hydrogen-bond acceptors (Lipinski definition) is 3. The molecule has 0 heterocycles. The fourth-order valence-corrected chi connectivity index (χ4v) is 3.21. The summed E-state index contributed by atoms with van der Waals surface area (Å²) in [6.45, 7) is 4.00. The normalized spacial score (nSPS) is 12.7. The van der Waals surface area contributed by atoms with Gasteiger partial charge in [-0.2, -0.15) is 0 Å². The van der Waals surface area contributed by atoms with Crippen molar-refractivity contribution in [1.29, 1.82) is 5.41 Å². The maximum absolute atomic E-state index is 7.14. The molecule has 0 aliphatic heterocycles. The largest absolute Gasteiger partial charge is 0.399 e. The van der Waals surface area contributed by atoms with Crippen molar-refractivity contribution in [1.82, 2.24) is 0 Å². The summed E-state index contributed by atoms with van der Waals surface area (Å²) in [6, 6.07) is 16.3. The third-order valence-corrected chi connectivity index (χ3v) is 4.43. The predicted molar refractivity (Wildman–Crippen MR) is 114 cm³/mol. The molecule has 0 aromatic heterocycles. The molecule has 0 saturated heterocycles. The molecule has 1 unspecified atom stereocenters. The Balaban J connectivity index is 0.000000213. The molecule has 0 spiro atoms. The molecule has 2 aromatic rings. The second-order valence-corrected chi connectivity index (χ2v) is 6.95. The molecule has 23 heavy (non-hydrogen) atoms. The van der Waals surface area contributed by atoms with Crippen molar-refractivity contribution in [3.63, 3.8) is 0 Å². The Bertz CT molecular complexity index is 586. The van der Waals surface area contributed by atoms with Crippen LogP contribution in [0.4, 0.5) is 11.4 Å². The fourth-order valence-electron chi connectivity index (χ4n) is 2.01. The zero-order valence-corrected chi connectivity index (χ0v) is 16.8. The Morgan fingerprint density at radius 3 is 2.35 bits per heavy atom. The van der Waals surface area contributed by atoms with Gasteiger partial charge in [0.2, 0.25) is 0 Å². The van der Waals surface area contributed by atoms with Crippen molar-refractivity contribution in [2.24, 2.45) is 0 Å². The van der Waals surface area contributed by atoms with Crippen LogP contribution in [0.5, 0.6) is 0 Å². The second kappa shape index (κ2) is 11.4. The molecule has 1 aliphatic carbocycles. The maximum atomic E-state index is 7.14. The Labute approximate surface area is 154 Å². The van der Waals surface area contributed by atoms with E-state index < -0.39 is 0 Å². The van der Waals surface area contributed by atoms with Crippen LogP contribution in [0.2, 0.25) is 0 Å². The van der Waals surface area contributed by atoms with Gasteiger partial charge in [-0.05, 0) is 64.6 Å². The van der Waals surface area contributed by atoms with E-state index in [1.807, 2.05) is 26.0 Å². The van der Waals surface area contributed by atoms with Crippen molar-refractivity contribution in [3.05, 3.63) is 59.7 Å². The van der Waals surface area contributed by atoms with Gasteiger partial charge in [0.05, 0.1) is 0 Å². The Hall–Kier alpha value is -1.13. The topological polar surface area (TPSA) is 61.9 Å². The van der Waals surface area contributed by atoms with E-state index in [1.165, 1.54) is 24.6 Å². The molecule has 1 atom stereocenters. The van der Waals surface area contributed by atoms with Gasteiger partial charge in [0, 0.05) is 29.5 Å². The first-order valence-corrected chi connectivity index (χ1v) is 11.9. The van der Waals surface area contributed by atoms with E-state index in [-0.39, 0.29) is 0 Å². The van der Waals surface area contributed by atoms with Gasteiger partial charge in [-0.25, -0.2) is 0 Å². The first-order valence-electron chi connectivity index (χ1n) is 7.81. The van der Waals surface area contributed by atoms with Crippen LogP contribution in [0.25, 0.3) is 0 Å². The zero-order valence-electron chi connectivity index (χ0n) is 13.6. The van der Waals surface area contributed by atoms with E-state index in [4.69, 9.17) is 11.1 Å².